The van der Waals surface area contributed by atoms with Gasteiger partial charge in [-0.2, -0.15) is 4.31 Å². The van der Waals surface area contributed by atoms with Gasteiger partial charge in [0.25, 0.3) is 5.91 Å². The van der Waals surface area contributed by atoms with Crippen LogP contribution in [-0.2, 0) is 16.6 Å². The van der Waals surface area contributed by atoms with Crippen LogP contribution in [0, 0.1) is 0 Å². The van der Waals surface area contributed by atoms with Crippen molar-refractivity contribution in [2.45, 2.75) is 11.4 Å². The van der Waals surface area contributed by atoms with E-state index in [1.165, 1.54) is 28.6 Å². The van der Waals surface area contributed by atoms with Crippen LogP contribution in [0.3, 0.4) is 0 Å². The van der Waals surface area contributed by atoms with Gasteiger partial charge in [0.05, 0.1) is 17.1 Å². The highest BCUT2D eigenvalue weighted by molar-refractivity contribution is 7.89. The minimum atomic E-state index is -3.52. The third-order valence-electron chi connectivity index (χ3n) is 4.37. The summed E-state index contributed by atoms with van der Waals surface area (Å²) in [6.07, 6.45) is 1.67. The Morgan fingerprint density at radius 2 is 1.77 bits per heavy atom. The first-order valence-corrected chi connectivity index (χ1v) is 9.88. The molecule has 0 radical (unpaired) electrons. The van der Waals surface area contributed by atoms with Crippen molar-refractivity contribution < 1.29 is 13.2 Å². The summed E-state index contributed by atoms with van der Waals surface area (Å²) in [7, 11) is -1.54. The molecule has 0 atom stereocenters. The van der Waals surface area contributed by atoms with Gasteiger partial charge in [-0.1, -0.05) is 6.07 Å². The maximum atomic E-state index is 12.7. The van der Waals surface area contributed by atoms with Crippen LogP contribution in [0.15, 0.2) is 53.6 Å². The Bertz CT molecular complexity index is 846. The van der Waals surface area contributed by atoms with Gasteiger partial charge >= 0.3 is 0 Å². The topological polar surface area (TPSA) is 82.6 Å². The van der Waals surface area contributed by atoms with Gasteiger partial charge in [-0.15, -0.1) is 0 Å². The second-order valence-electron chi connectivity index (χ2n) is 6.24. The predicted octanol–water partition coefficient (Wildman–Crippen LogP) is 0.948. The molecule has 2 heterocycles. The van der Waals surface area contributed by atoms with E-state index in [-0.39, 0.29) is 10.8 Å². The van der Waals surface area contributed by atoms with Crippen LogP contribution in [0.25, 0.3) is 0 Å². The molecular weight excluding hydrogens is 352 g/mol. The van der Waals surface area contributed by atoms with Crippen molar-refractivity contribution in [3.8, 4) is 0 Å². The summed E-state index contributed by atoms with van der Waals surface area (Å²) in [5.74, 6) is -0.265. The predicted molar refractivity (Wildman–Crippen MR) is 98.1 cm³/mol. The van der Waals surface area contributed by atoms with E-state index < -0.39 is 10.0 Å². The zero-order chi connectivity index (χ0) is 18.6. The Kier molecular flexibility index (Phi) is 5.65. The molecule has 2 aromatic rings. The average Bonchev–Trinajstić information content (AvgIpc) is 2.67. The Labute approximate surface area is 153 Å². The van der Waals surface area contributed by atoms with Gasteiger partial charge < -0.3 is 10.2 Å². The van der Waals surface area contributed by atoms with E-state index >= 15 is 0 Å². The molecule has 0 unspecified atom stereocenters. The lowest BCUT2D eigenvalue weighted by Gasteiger charge is -2.31. The molecule has 0 spiro atoms. The fourth-order valence-electron chi connectivity index (χ4n) is 2.73. The molecule has 1 aliphatic rings. The van der Waals surface area contributed by atoms with Crippen molar-refractivity contribution in [1.82, 2.24) is 19.5 Å². The highest BCUT2D eigenvalue weighted by Gasteiger charge is 2.27. The summed E-state index contributed by atoms with van der Waals surface area (Å²) in [5, 5.41) is 2.77. The summed E-state index contributed by atoms with van der Waals surface area (Å²) in [6.45, 7) is 2.71. The smallest absolute Gasteiger partial charge is 0.251 e. The molecule has 0 aliphatic carbocycles. The van der Waals surface area contributed by atoms with E-state index in [9.17, 15) is 13.2 Å². The minimum Gasteiger partial charge on any atom is -0.346 e. The van der Waals surface area contributed by atoms with E-state index in [1.54, 1.807) is 6.20 Å². The van der Waals surface area contributed by atoms with Crippen LogP contribution in [0.1, 0.15) is 16.1 Å². The van der Waals surface area contributed by atoms with Crippen molar-refractivity contribution in [3.63, 3.8) is 0 Å². The Morgan fingerprint density at radius 3 is 2.38 bits per heavy atom. The number of sulfonamides is 1. The quantitative estimate of drug-likeness (QED) is 0.843. The largest absolute Gasteiger partial charge is 0.346 e. The minimum absolute atomic E-state index is 0.211. The van der Waals surface area contributed by atoms with Crippen molar-refractivity contribution in [2.75, 3.05) is 33.2 Å². The third kappa shape index (κ3) is 4.27. The van der Waals surface area contributed by atoms with Gasteiger partial charge in [0, 0.05) is 37.9 Å². The van der Waals surface area contributed by atoms with Crippen molar-refractivity contribution >= 4 is 15.9 Å². The molecule has 1 saturated heterocycles. The number of likely N-dealkylation sites (N-methyl/N-ethyl adjacent to an activating group) is 1. The average molecular weight is 374 g/mol. The number of nitrogens with zero attached hydrogens (tertiary/aromatic N) is 3. The summed E-state index contributed by atoms with van der Waals surface area (Å²) in [5.41, 5.74) is 1.17. The molecule has 1 aromatic carbocycles. The van der Waals surface area contributed by atoms with Crippen LogP contribution >= 0.6 is 0 Å². The summed E-state index contributed by atoms with van der Waals surface area (Å²) < 4.78 is 26.9. The molecule has 7 nitrogen and oxygen atoms in total. The fourth-order valence-corrected chi connectivity index (χ4v) is 4.15. The normalized spacial score (nSPS) is 16.3. The van der Waals surface area contributed by atoms with Crippen LogP contribution in [0.4, 0.5) is 0 Å². The van der Waals surface area contributed by atoms with Gasteiger partial charge in [0.1, 0.15) is 0 Å². The molecule has 1 N–H and O–H groups in total. The first-order chi connectivity index (χ1) is 12.5. The van der Waals surface area contributed by atoms with Gasteiger partial charge in [0.2, 0.25) is 10.0 Å². The van der Waals surface area contributed by atoms with Gasteiger partial charge in [0.15, 0.2) is 0 Å². The van der Waals surface area contributed by atoms with Crippen molar-refractivity contribution in [2.24, 2.45) is 0 Å². The molecule has 1 aromatic heterocycles. The van der Waals surface area contributed by atoms with E-state index in [1.807, 2.05) is 25.2 Å². The monoisotopic (exact) mass is 374 g/mol. The Balaban J connectivity index is 1.65. The number of amides is 1. The lowest BCUT2D eigenvalue weighted by Crippen LogP contribution is -2.47. The first kappa shape index (κ1) is 18.5. The molecule has 1 amide bonds. The standard InChI is InChI=1S/C18H22N4O3S/c1-21-10-12-22(13-11-21)26(24,25)17-7-5-15(6-8-17)18(23)20-14-16-4-2-3-9-19-16/h2-9H,10-14H2,1H3,(H,20,23). The molecule has 1 aliphatic heterocycles. The number of aromatic nitrogens is 1. The van der Waals surface area contributed by atoms with Crippen LogP contribution in [0.5, 0.6) is 0 Å². The Hall–Kier alpha value is -2.29. The molecule has 8 heteroatoms. The lowest BCUT2D eigenvalue weighted by atomic mass is 10.2. The second kappa shape index (κ2) is 7.94. The van der Waals surface area contributed by atoms with Gasteiger partial charge in [-0.25, -0.2) is 8.42 Å². The molecule has 3 rings (SSSR count). The molecule has 1 fully saturated rings. The fraction of sp³-hybridized carbons (Fsp3) is 0.333. The zero-order valence-corrected chi connectivity index (χ0v) is 15.4. The van der Waals surface area contributed by atoms with E-state index in [2.05, 4.69) is 15.2 Å². The molecular formula is C18H22N4O3S. The molecule has 0 bridgehead atoms. The lowest BCUT2D eigenvalue weighted by molar-refractivity contribution is 0.0950. The zero-order valence-electron chi connectivity index (χ0n) is 14.6. The highest BCUT2D eigenvalue weighted by atomic mass is 32.2. The number of benzene rings is 1. The maximum Gasteiger partial charge on any atom is 0.251 e. The van der Waals surface area contributed by atoms with Crippen molar-refractivity contribution in [3.05, 3.63) is 59.9 Å². The number of hydrogen-bond acceptors (Lipinski definition) is 5. The number of piperazine rings is 1. The molecule has 138 valence electrons. The van der Waals surface area contributed by atoms with E-state index in [0.717, 1.165) is 5.69 Å². The number of pyridine rings is 1. The maximum absolute atomic E-state index is 12.7. The summed E-state index contributed by atoms with van der Waals surface area (Å²) in [4.78, 5) is 18.7. The van der Waals surface area contributed by atoms with E-state index in [4.69, 9.17) is 0 Å². The highest BCUT2D eigenvalue weighted by Crippen LogP contribution is 2.18. The number of carbonyl (C=O) groups excluding carboxylic acids is 1. The van der Waals surface area contributed by atoms with Crippen LogP contribution in [0.2, 0.25) is 0 Å². The SMILES string of the molecule is CN1CCN(S(=O)(=O)c2ccc(C(=O)NCc3ccccn3)cc2)CC1. The number of nitrogens with one attached hydrogen (secondary N) is 1. The summed E-state index contributed by atoms with van der Waals surface area (Å²) in [6, 6.07) is 11.5. The van der Waals surface area contributed by atoms with Crippen LogP contribution < -0.4 is 5.32 Å². The molecule has 26 heavy (non-hydrogen) atoms. The number of rotatable bonds is 5. The molecule has 0 saturated carbocycles. The number of hydrogen-bond donors (Lipinski definition) is 1. The number of carbonyl (C=O) groups is 1. The first-order valence-electron chi connectivity index (χ1n) is 8.44. The summed E-state index contributed by atoms with van der Waals surface area (Å²) >= 11 is 0. The van der Waals surface area contributed by atoms with Gasteiger partial charge in [-0.3, -0.25) is 9.78 Å². The van der Waals surface area contributed by atoms with Crippen molar-refractivity contribution in [1.29, 1.82) is 0 Å². The van der Waals surface area contributed by atoms with Crippen LogP contribution in [-0.4, -0.2) is 61.7 Å². The Morgan fingerprint density at radius 1 is 1.08 bits per heavy atom. The van der Waals surface area contributed by atoms with Gasteiger partial charge in [-0.05, 0) is 43.4 Å². The second-order valence-corrected chi connectivity index (χ2v) is 8.17. The third-order valence-corrected chi connectivity index (χ3v) is 6.29. The van der Waals surface area contributed by atoms with E-state index in [0.29, 0.717) is 38.3 Å².